The van der Waals surface area contributed by atoms with E-state index < -0.39 is 21.7 Å². The molecule has 2 aromatic rings. The monoisotopic (exact) mass is 396 g/mol. The molecule has 1 N–H and O–H groups in total. The van der Waals surface area contributed by atoms with E-state index in [2.05, 4.69) is 5.32 Å². The number of hydrogen-bond donors (Lipinski definition) is 1. The summed E-state index contributed by atoms with van der Waals surface area (Å²) in [5, 5.41) is 2.66. The number of halogens is 2. The lowest BCUT2D eigenvalue weighted by molar-refractivity contribution is 0.102. The fourth-order valence-corrected chi connectivity index (χ4v) is 4.53. The molecule has 0 spiro atoms. The maximum Gasteiger partial charge on any atom is 0.257 e. The van der Waals surface area contributed by atoms with E-state index in [0.717, 1.165) is 12.8 Å². The lowest BCUT2D eigenvalue weighted by atomic mass is 10.2. The number of sulfonamides is 1. The molecule has 8 heteroatoms. The minimum atomic E-state index is -3.66. The first kappa shape index (κ1) is 18.8. The van der Waals surface area contributed by atoms with Gasteiger partial charge in [0.2, 0.25) is 10.0 Å². The van der Waals surface area contributed by atoms with Gasteiger partial charge in [-0.2, -0.15) is 4.31 Å². The van der Waals surface area contributed by atoms with E-state index in [1.54, 1.807) is 19.1 Å². The van der Waals surface area contributed by atoms with Crippen molar-refractivity contribution in [2.45, 2.75) is 24.7 Å². The summed E-state index contributed by atoms with van der Waals surface area (Å²) in [4.78, 5) is 12.5. The summed E-state index contributed by atoms with van der Waals surface area (Å²) in [5.41, 5.74) is 0.745. The van der Waals surface area contributed by atoms with Gasteiger partial charge in [-0.15, -0.1) is 0 Å². The van der Waals surface area contributed by atoms with E-state index in [9.17, 15) is 17.6 Å². The Labute approximate surface area is 156 Å². The number of carbonyl (C=O) groups is 1. The number of hydrogen-bond acceptors (Lipinski definition) is 3. The van der Waals surface area contributed by atoms with Gasteiger partial charge in [0.15, 0.2) is 0 Å². The Hall–Kier alpha value is -1.96. The predicted molar refractivity (Wildman–Crippen MR) is 98.5 cm³/mol. The molecule has 1 fully saturated rings. The van der Waals surface area contributed by atoms with Crippen LogP contribution in [0, 0.1) is 12.7 Å². The zero-order valence-corrected chi connectivity index (χ0v) is 15.7. The zero-order valence-electron chi connectivity index (χ0n) is 14.1. The Bertz CT molecular complexity index is 957. The molecule has 0 radical (unpaired) electrons. The lowest BCUT2D eigenvalue weighted by Gasteiger charge is -2.16. The molecule has 0 unspecified atom stereocenters. The minimum Gasteiger partial charge on any atom is -0.322 e. The quantitative estimate of drug-likeness (QED) is 0.854. The van der Waals surface area contributed by atoms with Gasteiger partial charge in [-0.25, -0.2) is 12.8 Å². The van der Waals surface area contributed by atoms with E-state index >= 15 is 0 Å². The SMILES string of the molecule is Cc1ccc(NC(=O)c2cc(S(=O)(=O)N3CCCC3)ccc2Cl)cc1F. The summed E-state index contributed by atoms with van der Waals surface area (Å²) in [6.45, 7) is 2.55. The average Bonchev–Trinajstić information content (AvgIpc) is 3.13. The highest BCUT2D eigenvalue weighted by molar-refractivity contribution is 7.89. The number of benzene rings is 2. The Morgan fingerprint density at radius 2 is 1.85 bits per heavy atom. The number of nitrogens with zero attached hydrogens (tertiary/aromatic N) is 1. The van der Waals surface area contributed by atoms with E-state index in [-0.39, 0.29) is 21.2 Å². The number of carbonyl (C=O) groups excluding carboxylic acids is 1. The molecule has 1 amide bonds. The average molecular weight is 397 g/mol. The van der Waals surface area contributed by atoms with Crippen LogP contribution in [0.1, 0.15) is 28.8 Å². The third-order valence-corrected chi connectivity index (χ3v) is 6.54. The van der Waals surface area contributed by atoms with Gasteiger partial charge >= 0.3 is 0 Å². The largest absolute Gasteiger partial charge is 0.322 e. The van der Waals surface area contributed by atoms with Crippen LogP contribution in [-0.4, -0.2) is 31.7 Å². The first-order valence-electron chi connectivity index (χ1n) is 8.16. The van der Waals surface area contributed by atoms with Gasteiger partial charge in [0, 0.05) is 18.8 Å². The Morgan fingerprint density at radius 1 is 1.15 bits per heavy atom. The molecule has 0 atom stereocenters. The summed E-state index contributed by atoms with van der Waals surface area (Å²) in [6, 6.07) is 8.34. The van der Waals surface area contributed by atoms with Crippen LogP contribution >= 0.6 is 11.6 Å². The van der Waals surface area contributed by atoms with Gasteiger partial charge in [0.05, 0.1) is 15.5 Å². The first-order valence-corrected chi connectivity index (χ1v) is 9.98. The highest BCUT2D eigenvalue weighted by atomic mass is 35.5. The minimum absolute atomic E-state index is 0.0176. The number of nitrogens with one attached hydrogen (secondary N) is 1. The van der Waals surface area contributed by atoms with E-state index in [1.165, 1.54) is 28.6 Å². The number of anilines is 1. The van der Waals surface area contributed by atoms with Gasteiger partial charge < -0.3 is 5.32 Å². The van der Waals surface area contributed by atoms with Gasteiger partial charge in [-0.1, -0.05) is 17.7 Å². The standard InChI is InChI=1S/C18H18ClFN2O3S/c1-12-4-5-13(10-17(12)20)21-18(23)15-11-14(6-7-16(15)19)26(24,25)22-8-2-3-9-22/h4-7,10-11H,2-3,8-9H2,1H3,(H,21,23). The first-order chi connectivity index (χ1) is 12.3. The fraction of sp³-hybridized carbons (Fsp3) is 0.278. The summed E-state index contributed by atoms with van der Waals surface area (Å²) < 4.78 is 40.4. The second-order valence-corrected chi connectivity index (χ2v) is 8.52. The van der Waals surface area contributed by atoms with Gasteiger partial charge in [0.25, 0.3) is 5.91 Å². The van der Waals surface area contributed by atoms with Crippen LogP contribution in [0.5, 0.6) is 0 Å². The van der Waals surface area contributed by atoms with E-state index in [1.807, 2.05) is 0 Å². The fourth-order valence-electron chi connectivity index (χ4n) is 2.79. The van der Waals surface area contributed by atoms with Gasteiger partial charge in [-0.05, 0) is 55.7 Å². The summed E-state index contributed by atoms with van der Waals surface area (Å²) in [5.74, 6) is -1.05. The van der Waals surface area contributed by atoms with Crippen molar-refractivity contribution >= 4 is 33.2 Å². The molecule has 1 heterocycles. The van der Waals surface area contributed by atoms with Crippen molar-refractivity contribution in [3.63, 3.8) is 0 Å². The molecule has 3 rings (SSSR count). The maximum atomic E-state index is 13.6. The van der Waals surface area contributed by atoms with Crippen LogP contribution in [0.15, 0.2) is 41.3 Å². The van der Waals surface area contributed by atoms with Crippen molar-refractivity contribution in [1.29, 1.82) is 0 Å². The Balaban J connectivity index is 1.89. The molecular formula is C18H18ClFN2O3S. The molecule has 0 aliphatic carbocycles. The second kappa shape index (κ2) is 7.34. The van der Waals surface area contributed by atoms with Crippen LogP contribution in [0.25, 0.3) is 0 Å². The van der Waals surface area contributed by atoms with Crippen LogP contribution in [-0.2, 0) is 10.0 Å². The van der Waals surface area contributed by atoms with Crippen molar-refractivity contribution in [1.82, 2.24) is 4.31 Å². The van der Waals surface area contributed by atoms with Crippen molar-refractivity contribution < 1.29 is 17.6 Å². The van der Waals surface area contributed by atoms with Crippen LogP contribution < -0.4 is 5.32 Å². The van der Waals surface area contributed by atoms with E-state index in [0.29, 0.717) is 18.7 Å². The molecule has 0 aromatic heterocycles. The normalized spacial score (nSPS) is 15.2. The predicted octanol–water partition coefficient (Wildman–Crippen LogP) is 3.82. The molecule has 26 heavy (non-hydrogen) atoms. The topological polar surface area (TPSA) is 66.5 Å². The zero-order chi connectivity index (χ0) is 18.9. The molecular weight excluding hydrogens is 379 g/mol. The highest BCUT2D eigenvalue weighted by Crippen LogP contribution is 2.26. The van der Waals surface area contributed by atoms with Crippen molar-refractivity contribution in [2.24, 2.45) is 0 Å². The molecule has 1 aliphatic heterocycles. The third-order valence-electron chi connectivity index (χ3n) is 4.31. The summed E-state index contributed by atoms with van der Waals surface area (Å²) in [6.07, 6.45) is 1.64. The number of aryl methyl sites for hydroxylation is 1. The molecule has 1 aliphatic rings. The maximum absolute atomic E-state index is 13.6. The van der Waals surface area contributed by atoms with Crippen molar-refractivity contribution in [2.75, 3.05) is 18.4 Å². The van der Waals surface area contributed by atoms with Gasteiger partial charge in [-0.3, -0.25) is 4.79 Å². The van der Waals surface area contributed by atoms with E-state index in [4.69, 9.17) is 11.6 Å². The number of amides is 1. The molecule has 138 valence electrons. The smallest absolute Gasteiger partial charge is 0.257 e. The summed E-state index contributed by atoms with van der Waals surface area (Å²) >= 11 is 6.08. The molecule has 5 nitrogen and oxygen atoms in total. The van der Waals surface area contributed by atoms with Crippen LogP contribution in [0.4, 0.5) is 10.1 Å². The summed E-state index contributed by atoms with van der Waals surface area (Å²) in [7, 11) is -3.66. The van der Waals surface area contributed by atoms with Crippen LogP contribution in [0.3, 0.4) is 0 Å². The van der Waals surface area contributed by atoms with Gasteiger partial charge in [0.1, 0.15) is 5.82 Å². The van der Waals surface area contributed by atoms with Crippen molar-refractivity contribution in [3.05, 3.63) is 58.4 Å². The molecule has 0 saturated carbocycles. The van der Waals surface area contributed by atoms with Crippen molar-refractivity contribution in [3.8, 4) is 0 Å². The lowest BCUT2D eigenvalue weighted by Crippen LogP contribution is -2.28. The molecule has 2 aromatic carbocycles. The third kappa shape index (κ3) is 3.75. The molecule has 0 bridgehead atoms. The molecule has 1 saturated heterocycles. The number of rotatable bonds is 4. The Kier molecular flexibility index (Phi) is 5.32. The Morgan fingerprint density at radius 3 is 2.50 bits per heavy atom. The second-order valence-electron chi connectivity index (χ2n) is 6.17. The van der Waals surface area contributed by atoms with Crippen LogP contribution in [0.2, 0.25) is 5.02 Å². The highest BCUT2D eigenvalue weighted by Gasteiger charge is 2.28.